The first-order valence-electron chi connectivity index (χ1n) is 6.99. The van der Waals surface area contributed by atoms with E-state index in [2.05, 4.69) is 0 Å². The highest BCUT2D eigenvalue weighted by Gasteiger charge is 2.42. The van der Waals surface area contributed by atoms with Crippen LogP contribution in [0.25, 0.3) is 0 Å². The molecular formula is C14H18N2O5. The van der Waals surface area contributed by atoms with E-state index in [0.717, 1.165) is 19.4 Å². The highest BCUT2D eigenvalue weighted by Crippen LogP contribution is 2.38. The number of nitro groups is 1. The van der Waals surface area contributed by atoms with Crippen LogP contribution in [0.2, 0.25) is 0 Å². The summed E-state index contributed by atoms with van der Waals surface area (Å²) >= 11 is 0. The molecule has 3 rings (SSSR count). The van der Waals surface area contributed by atoms with Gasteiger partial charge in [-0.2, -0.15) is 0 Å². The Kier molecular flexibility index (Phi) is 3.69. The third kappa shape index (κ3) is 2.66. The van der Waals surface area contributed by atoms with Gasteiger partial charge in [0.1, 0.15) is 11.4 Å². The third-order valence-electron chi connectivity index (χ3n) is 3.95. The average molecular weight is 294 g/mol. The van der Waals surface area contributed by atoms with Crippen LogP contribution in [0.3, 0.4) is 0 Å². The molecule has 7 heteroatoms. The maximum absolute atomic E-state index is 11.3. The highest BCUT2D eigenvalue weighted by atomic mass is 16.7. The van der Waals surface area contributed by atoms with Crippen molar-refractivity contribution >= 4 is 11.4 Å². The Morgan fingerprint density at radius 1 is 1.38 bits per heavy atom. The first-order valence-corrected chi connectivity index (χ1v) is 6.99. The standard InChI is InChI=1S/C14H18N2O5/c1-19-11-3-4-12(16(17)18)13(9-11)15-6-2-5-14(10-15)20-7-8-21-14/h3-4,9H,2,5-8,10H2,1H3. The lowest BCUT2D eigenvalue weighted by molar-refractivity contribution is -0.384. The summed E-state index contributed by atoms with van der Waals surface area (Å²) in [7, 11) is 1.55. The van der Waals surface area contributed by atoms with Crippen LogP contribution in [-0.4, -0.2) is 44.1 Å². The molecule has 0 atom stereocenters. The van der Waals surface area contributed by atoms with E-state index in [1.807, 2.05) is 4.90 Å². The Balaban J connectivity index is 1.92. The predicted molar refractivity (Wildman–Crippen MR) is 75.7 cm³/mol. The molecule has 0 unspecified atom stereocenters. The molecule has 2 aliphatic rings. The predicted octanol–water partition coefficient (Wildman–Crippen LogP) is 1.95. The molecule has 1 spiro atoms. The van der Waals surface area contributed by atoms with Crippen molar-refractivity contribution in [3.63, 3.8) is 0 Å². The van der Waals surface area contributed by atoms with Crippen molar-refractivity contribution in [2.45, 2.75) is 18.6 Å². The lowest BCUT2D eigenvalue weighted by atomic mass is 10.0. The van der Waals surface area contributed by atoms with Crippen LogP contribution < -0.4 is 9.64 Å². The molecule has 2 fully saturated rings. The fraction of sp³-hybridized carbons (Fsp3) is 0.571. The minimum Gasteiger partial charge on any atom is -0.497 e. The first kappa shape index (κ1) is 14.1. The molecule has 7 nitrogen and oxygen atoms in total. The second-order valence-corrected chi connectivity index (χ2v) is 5.24. The molecular weight excluding hydrogens is 276 g/mol. The number of hydrogen-bond acceptors (Lipinski definition) is 6. The summed E-state index contributed by atoms with van der Waals surface area (Å²) in [6, 6.07) is 4.78. The zero-order valence-corrected chi connectivity index (χ0v) is 11.9. The molecule has 21 heavy (non-hydrogen) atoms. The number of benzene rings is 1. The van der Waals surface area contributed by atoms with Crippen molar-refractivity contribution in [1.29, 1.82) is 0 Å². The molecule has 0 aromatic heterocycles. The molecule has 0 amide bonds. The quantitative estimate of drug-likeness (QED) is 0.626. The summed E-state index contributed by atoms with van der Waals surface area (Å²) in [5.74, 6) is -0.0154. The minimum absolute atomic E-state index is 0.0749. The van der Waals surface area contributed by atoms with Crippen LogP contribution in [0.15, 0.2) is 18.2 Å². The number of rotatable bonds is 3. The highest BCUT2D eigenvalue weighted by molar-refractivity contribution is 5.66. The van der Waals surface area contributed by atoms with Gasteiger partial charge in [0.25, 0.3) is 5.69 Å². The first-order chi connectivity index (χ1) is 10.1. The second kappa shape index (κ2) is 5.50. The van der Waals surface area contributed by atoms with Gasteiger partial charge in [-0.3, -0.25) is 10.1 Å². The van der Waals surface area contributed by atoms with Gasteiger partial charge in [0, 0.05) is 25.1 Å². The number of nitro benzene ring substituents is 1. The van der Waals surface area contributed by atoms with Crippen molar-refractivity contribution in [3.05, 3.63) is 28.3 Å². The van der Waals surface area contributed by atoms with E-state index >= 15 is 0 Å². The van der Waals surface area contributed by atoms with Gasteiger partial charge in [-0.1, -0.05) is 0 Å². The van der Waals surface area contributed by atoms with E-state index in [1.165, 1.54) is 6.07 Å². The molecule has 114 valence electrons. The number of piperidine rings is 1. The summed E-state index contributed by atoms with van der Waals surface area (Å²) in [5.41, 5.74) is 0.628. The number of ether oxygens (including phenoxy) is 3. The van der Waals surface area contributed by atoms with Crippen LogP contribution in [0.4, 0.5) is 11.4 Å². The Morgan fingerprint density at radius 3 is 2.81 bits per heavy atom. The van der Waals surface area contributed by atoms with E-state index in [-0.39, 0.29) is 10.6 Å². The summed E-state index contributed by atoms with van der Waals surface area (Å²) in [5, 5.41) is 11.3. The topological polar surface area (TPSA) is 74.1 Å². The van der Waals surface area contributed by atoms with Crippen LogP contribution >= 0.6 is 0 Å². The lowest BCUT2D eigenvalue weighted by Gasteiger charge is -2.39. The van der Waals surface area contributed by atoms with Crippen LogP contribution in [0.1, 0.15) is 12.8 Å². The van der Waals surface area contributed by atoms with Gasteiger partial charge in [-0.05, 0) is 12.5 Å². The van der Waals surface area contributed by atoms with Gasteiger partial charge < -0.3 is 19.1 Å². The summed E-state index contributed by atoms with van der Waals surface area (Å²) < 4.78 is 16.6. The van der Waals surface area contributed by atoms with E-state index in [4.69, 9.17) is 14.2 Å². The zero-order chi connectivity index (χ0) is 14.9. The summed E-state index contributed by atoms with van der Waals surface area (Å²) in [6.45, 7) is 2.39. The van der Waals surface area contributed by atoms with E-state index in [9.17, 15) is 10.1 Å². The summed E-state index contributed by atoms with van der Waals surface area (Å²) in [4.78, 5) is 12.8. The fourth-order valence-electron chi connectivity index (χ4n) is 2.96. The van der Waals surface area contributed by atoms with Crippen molar-refractivity contribution in [2.24, 2.45) is 0 Å². The normalized spacial score (nSPS) is 20.7. The number of hydrogen-bond donors (Lipinski definition) is 0. The minimum atomic E-state index is -0.616. The molecule has 0 bridgehead atoms. The van der Waals surface area contributed by atoms with Gasteiger partial charge in [0.15, 0.2) is 5.79 Å². The van der Waals surface area contributed by atoms with Crippen molar-refractivity contribution in [2.75, 3.05) is 38.3 Å². The monoisotopic (exact) mass is 294 g/mol. The molecule has 0 aliphatic carbocycles. The Morgan fingerprint density at radius 2 is 2.14 bits per heavy atom. The maximum Gasteiger partial charge on any atom is 0.292 e. The van der Waals surface area contributed by atoms with E-state index in [1.54, 1.807) is 19.2 Å². The van der Waals surface area contributed by atoms with Crippen molar-refractivity contribution < 1.29 is 19.1 Å². The van der Waals surface area contributed by atoms with Crippen LogP contribution in [0, 0.1) is 10.1 Å². The van der Waals surface area contributed by atoms with E-state index in [0.29, 0.717) is 31.2 Å². The molecule has 2 heterocycles. The zero-order valence-electron chi connectivity index (χ0n) is 11.9. The van der Waals surface area contributed by atoms with Gasteiger partial charge >= 0.3 is 0 Å². The SMILES string of the molecule is COc1ccc([N+](=O)[O-])c(N2CCCC3(C2)OCCO3)c1. The van der Waals surface area contributed by atoms with Crippen LogP contribution in [-0.2, 0) is 9.47 Å². The molecule has 0 N–H and O–H groups in total. The molecule has 1 aromatic carbocycles. The molecule has 2 saturated heterocycles. The van der Waals surface area contributed by atoms with Crippen LogP contribution in [0.5, 0.6) is 5.75 Å². The van der Waals surface area contributed by atoms with Gasteiger partial charge in [-0.15, -0.1) is 0 Å². The number of nitrogens with zero attached hydrogens (tertiary/aromatic N) is 2. The largest absolute Gasteiger partial charge is 0.497 e. The summed E-state index contributed by atoms with van der Waals surface area (Å²) in [6.07, 6.45) is 1.69. The molecule has 2 aliphatic heterocycles. The van der Waals surface area contributed by atoms with Gasteiger partial charge in [0.2, 0.25) is 0 Å². The smallest absolute Gasteiger partial charge is 0.292 e. The van der Waals surface area contributed by atoms with E-state index < -0.39 is 5.79 Å². The second-order valence-electron chi connectivity index (χ2n) is 5.24. The maximum atomic E-state index is 11.3. The molecule has 0 saturated carbocycles. The van der Waals surface area contributed by atoms with Crippen molar-refractivity contribution in [3.8, 4) is 5.75 Å². The van der Waals surface area contributed by atoms with Gasteiger partial charge in [-0.25, -0.2) is 0 Å². The fourth-order valence-corrected chi connectivity index (χ4v) is 2.96. The number of methoxy groups -OCH3 is 1. The third-order valence-corrected chi connectivity index (χ3v) is 3.95. The lowest BCUT2D eigenvalue weighted by Crippen LogP contribution is -2.49. The Bertz CT molecular complexity index is 542. The molecule has 1 aromatic rings. The van der Waals surface area contributed by atoms with Crippen molar-refractivity contribution in [1.82, 2.24) is 0 Å². The average Bonchev–Trinajstić information content (AvgIpc) is 2.94. The molecule has 0 radical (unpaired) electrons. The Labute approximate surface area is 122 Å². The number of anilines is 1. The Hall–Kier alpha value is -1.86. The van der Waals surface area contributed by atoms with Gasteiger partial charge in [0.05, 0.1) is 31.8 Å².